The van der Waals surface area contributed by atoms with Crippen LogP contribution in [-0.2, 0) is 11.3 Å². The summed E-state index contributed by atoms with van der Waals surface area (Å²) in [6.07, 6.45) is 1.12. The van der Waals surface area contributed by atoms with Crippen molar-refractivity contribution in [3.63, 3.8) is 0 Å². The molecule has 0 spiro atoms. The van der Waals surface area contributed by atoms with Crippen molar-refractivity contribution >= 4 is 11.7 Å². The molecule has 0 saturated heterocycles. The van der Waals surface area contributed by atoms with E-state index in [1.807, 2.05) is 0 Å². The van der Waals surface area contributed by atoms with Gasteiger partial charge in [-0.2, -0.15) is 5.10 Å². The van der Waals surface area contributed by atoms with Crippen LogP contribution in [0.2, 0.25) is 0 Å². The number of nitrogens with zero attached hydrogens (tertiary/aromatic N) is 4. The fourth-order valence-corrected chi connectivity index (χ4v) is 3.17. The van der Waals surface area contributed by atoms with Gasteiger partial charge in [0.05, 0.1) is 12.7 Å². The lowest BCUT2D eigenvalue weighted by molar-refractivity contribution is -0.121. The highest BCUT2D eigenvalue weighted by atomic mass is 19.1. The Morgan fingerprint density at radius 1 is 1.30 bits per heavy atom. The molecule has 1 unspecified atom stereocenters. The minimum Gasteiger partial charge on any atom is -0.488 e. The summed E-state index contributed by atoms with van der Waals surface area (Å²) in [4.78, 5) is 18.2. The lowest BCUT2D eigenvalue weighted by Gasteiger charge is -2.21. The second kappa shape index (κ2) is 8.17. The van der Waals surface area contributed by atoms with E-state index in [9.17, 15) is 18.7 Å². The van der Waals surface area contributed by atoms with Gasteiger partial charge in [-0.15, -0.1) is 0 Å². The van der Waals surface area contributed by atoms with Gasteiger partial charge in [0.2, 0.25) is 5.91 Å². The van der Waals surface area contributed by atoms with Gasteiger partial charge in [0.15, 0.2) is 23.6 Å². The van der Waals surface area contributed by atoms with Gasteiger partial charge in [-0.05, 0) is 29.8 Å². The van der Waals surface area contributed by atoms with E-state index in [0.29, 0.717) is 17.1 Å². The zero-order valence-electron chi connectivity index (χ0n) is 16.0. The molecule has 2 aromatic heterocycles. The Balaban J connectivity index is 1.47. The Bertz CT molecular complexity index is 1060. The highest BCUT2D eigenvalue weighted by Gasteiger charge is 2.32. The number of rotatable bonds is 5. The Hall–Kier alpha value is -3.37. The largest absolute Gasteiger partial charge is 0.488 e. The number of hydrogen-bond acceptors (Lipinski definition) is 6. The van der Waals surface area contributed by atoms with Crippen molar-refractivity contribution in [2.75, 3.05) is 18.6 Å². The minimum atomic E-state index is -1.54. The number of pyridine rings is 1. The number of carbonyl (C=O) groups excluding carboxylic acids is 1. The summed E-state index contributed by atoms with van der Waals surface area (Å²) < 4.78 is 34.3. The van der Waals surface area contributed by atoms with Crippen LogP contribution in [0.1, 0.15) is 17.5 Å². The topological polar surface area (TPSA) is 92.5 Å². The Morgan fingerprint density at radius 2 is 2.07 bits per heavy atom. The number of amides is 1. The van der Waals surface area contributed by atoms with Crippen molar-refractivity contribution in [3.8, 4) is 5.75 Å². The first-order valence-corrected chi connectivity index (χ1v) is 9.19. The molecule has 0 radical (unpaired) electrons. The van der Waals surface area contributed by atoms with Crippen LogP contribution in [0.25, 0.3) is 0 Å². The molecule has 156 valence electrons. The van der Waals surface area contributed by atoms with E-state index in [1.54, 1.807) is 31.3 Å². The first-order valence-electron chi connectivity index (χ1n) is 9.19. The number of halogens is 2. The van der Waals surface area contributed by atoms with Crippen LogP contribution in [0.3, 0.4) is 0 Å². The van der Waals surface area contributed by atoms with Gasteiger partial charge in [0, 0.05) is 13.2 Å². The van der Waals surface area contributed by atoms with E-state index in [4.69, 9.17) is 4.74 Å². The molecule has 1 aliphatic rings. The lowest BCUT2D eigenvalue weighted by Crippen LogP contribution is -2.48. The first kappa shape index (κ1) is 19.9. The summed E-state index contributed by atoms with van der Waals surface area (Å²) in [6.45, 7) is 0.121. The number of ether oxygens (including phenoxy) is 1. The van der Waals surface area contributed by atoms with Crippen molar-refractivity contribution in [3.05, 3.63) is 71.7 Å². The number of carbonyl (C=O) groups is 1. The second-order valence-electron chi connectivity index (χ2n) is 6.84. The molecule has 0 saturated carbocycles. The smallest absolute Gasteiger partial charge is 0.248 e. The van der Waals surface area contributed by atoms with Crippen LogP contribution in [-0.4, -0.2) is 45.5 Å². The number of aliphatic hydroxyl groups excluding tert-OH is 1. The van der Waals surface area contributed by atoms with Crippen molar-refractivity contribution in [1.29, 1.82) is 0 Å². The number of fused-ring (bicyclic) bond motifs is 1. The highest BCUT2D eigenvalue weighted by molar-refractivity contribution is 5.97. The standard InChI is InChI=1S/C20H19F2N5O3/c1-26-18-16(3-2-8-23-18)30-11-15(20(26)29)24-19(28)17-14(22)10-27(25-17)9-12-4-6-13(21)7-5-12/h2-8,10,15,19,24,28H,9,11H2,1H3/t15-,19?/m0/s1. The minimum absolute atomic E-state index is 0.0726. The van der Waals surface area contributed by atoms with Crippen molar-refractivity contribution < 1.29 is 23.4 Å². The van der Waals surface area contributed by atoms with Gasteiger partial charge in [0.25, 0.3) is 0 Å². The summed E-state index contributed by atoms with van der Waals surface area (Å²) in [5.41, 5.74) is 0.458. The van der Waals surface area contributed by atoms with Gasteiger partial charge < -0.3 is 9.84 Å². The Labute approximate surface area is 170 Å². The molecule has 8 nitrogen and oxygen atoms in total. The third-order valence-corrected chi connectivity index (χ3v) is 4.72. The maximum absolute atomic E-state index is 14.4. The van der Waals surface area contributed by atoms with Gasteiger partial charge >= 0.3 is 0 Å². The predicted octanol–water partition coefficient (Wildman–Crippen LogP) is 1.61. The SMILES string of the molecule is CN1C(=O)[C@@H](NC(O)c2nn(Cc3ccc(F)cc3)cc2F)COc2cccnc21. The fraction of sp³-hybridized carbons (Fsp3) is 0.250. The van der Waals surface area contributed by atoms with Crippen LogP contribution < -0.4 is 15.0 Å². The number of anilines is 1. The summed E-state index contributed by atoms with van der Waals surface area (Å²) in [5.74, 6) is -0.712. The molecule has 0 fully saturated rings. The maximum atomic E-state index is 14.4. The normalized spacial score (nSPS) is 17.3. The lowest BCUT2D eigenvalue weighted by atomic mass is 10.2. The zero-order chi connectivity index (χ0) is 21.3. The van der Waals surface area contributed by atoms with Crippen molar-refractivity contribution in [1.82, 2.24) is 20.1 Å². The molecule has 1 amide bonds. The number of nitrogens with one attached hydrogen (secondary N) is 1. The molecule has 2 N–H and O–H groups in total. The van der Waals surface area contributed by atoms with Crippen molar-refractivity contribution in [2.24, 2.45) is 0 Å². The van der Waals surface area contributed by atoms with Gasteiger partial charge in [-0.1, -0.05) is 12.1 Å². The molecule has 1 aliphatic heterocycles. The van der Waals surface area contributed by atoms with Crippen LogP contribution in [0, 0.1) is 11.6 Å². The average molecular weight is 415 g/mol. The molecule has 30 heavy (non-hydrogen) atoms. The molecule has 4 rings (SSSR count). The molecule has 10 heteroatoms. The molecule has 1 aromatic carbocycles. The third-order valence-electron chi connectivity index (χ3n) is 4.72. The van der Waals surface area contributed by atoms with E-state index in [0.717, 1.165) is 6.20 Å². The van der Waals surface area contributed by atoms with E-state index >= 15 is 0 Å². The highest BCUT2D eigenvalue weighted by Crippen LogP contribution is 2.28. The summed E-state index contributed by atoms with van der Waals surface area (Å²) in [7, 11) is 1.54. The van der Waals surface area contributed by atoms with Crippen LogP contribution in [0.4, 0.5) is 14.6 Å². The third kappa shape index (κ3) is 4.00. The molecular formula is C20H19F2N5O3. The van der Waals surface area contributed by atoms with E-state index in [-0.39, 0.29) is 24.7 Å². The van der Waals surface area contributed by atoms with E-state index < -0.39 is 24.0 Å². The zero-order valence-corrected chi connectivity index (χ0v) is 16.0. The summed E-state index contributed by atoms with van der Waals surface area (Å²) in [6, 6.07) is 8.14. The number of aliphatic hydroxyl groups is 1. The molecule has 0 aliphatic carbocycles. The predicted molar refractivity (Wildman–Crippen MR) is 103 cm³/mol. The summed E-state index contributed by atoms with van der Waals surface area (Å²) in [5, 5.41) is 17.2. The monoisotopic (exact) mass is 415 g/mol. The molecular weight excluding hydrogens is 396 g/mol. The van der Waals surface area contributed by atoms with Crippen LogP contribution >= 0.6 is 0 Å². The molecule has 2 atom stereocenters. The van der Waals surface area contributed by atoms with E-state index in [2.05, 4.69) is 15.4 Å². The Kier molecular flexibility index (Phi) is 5.42. The first-order chi connectivity index (χ1) is 14.4. The average Bonchev–Trinajstić information content (AvgIpc) is 3.06. The Morgan fingerprint density at radius 3 is 2.83 bits per heavy atom. The van der Waals surface area contributed by atoms with Gasteiger partial charge in [-0.3, -0.25) is 19.7 Å². The van der Waals surface area contributed by atoms with E-state index in [1.165, 1.54) is 27.9 Å². The number of hydrogen-bond donors (Lipinski definition) is 2. The van der Waals surface area contributed by atoms with Crippen LogP contribution in [0.5, 0.6) is 5.75 Å². The number of likely N-dealkylation sites (N-methyl/N-ethyl adjacent to an activating group) is 1. The maximum Gasteiger partial charge on any atom is 0.248 e. The quantitative estimate of drug-likeness (QED) is 0.615. The molecule has 3 aromatic rings. The summed E-state index contributed by atoms with van der Waals surface area (Å²) >= 11 is 0. The number of benzene rings is 1. The molecule has 3 heterocycles. The fourth-order valence-electron chi connectivity index (χ4n) is 3.17. The van der Waals surface area contributed by atoms with Gasteiger partial charge in [0.1, 0.15) is 24.2 Å². The van der Waals surface area contributed by atoms with Crippen molar-refractivity contribution in [2.45, 2.75) is 18.8 Å². The number of aromatic nitrogens is 3. The van der Waals surface area contributed by atoms with Crippen LogP contribution in [0.15, 0.2) is 48.8 Å². The van der Waals surface area contributed by atoms with Gasteiger partial charge in [-0.25, -0.2) is 13.8 Å². The molecule has 0 bridgehead atoms. The second-order valence-corrected chi connectivity index (χ2v) is 6.84.